The number of hydrogen-bond acceptors (Lipinski definition) is 4. The van der Waals surface area contributed by atoms with Crippen LogP contribution in [-0.2, 0) is 14.4 Å². The number of hydrogen-bond donors (Lipinski definition) is 3. The normalized spacial score (nSPS) is 15.4. The van der Waals surface area contributed by atoms with E-state index in [4.69, 9.17) is 0 Å². The lowest BCUT2D eigenvalue weighted by molar-refractivity contribution is -0.137. The first kappa shape index (κ1) is 27.3. The zero-order valence-electron chi connectivity index (χ0n) is 21.1. The summed E-state index contributed by atoms with van der Waals surface area (Å²) in [6.45, 7) is 7.01. The molecule has 1 aliphatic rings. The van der Waals surface area contributed by atoms with Crippen molar-refractivity contribution in [3.63, 3.8) is 0 Å². The zero-order chi connectivity index (χ0) is 26.2. The number of imidazole rings is 1. The minimum absolute atomic E-state index is 0.129. The number of nitrogens with one attached hydrogen (secondary N) is 3. The molecule has 10 heteroatoms. The van der Waals surface area contributed by atoms with Crippen LogP contribution >= 0.6 is 0 Å². The zero-order valence-corrected chi connectivity index (χ0v) is 21.1. The molecule has 1 aromatic carbocycles. The van der Waals surface area contributed by atoms with Crippen LogP contribution in [0.15, 0.2) is 24.4 Å². The second-order valence-electron chi connectivity index (χ2n) is 9.73. The summed E-state index contributed by atoms with van der Waals surface area (Å²) in [6.07, 6.45) is 5.14. The number of aromatic nitrogens is 2. The van der Waals surface area contributed by atoms with Gasteiger partial charge in [0, 0.05) is 31.1 Å². The Bertz CT molecular complexity index is 1070. The van der Waals surface area contributed by atoms with Crippen molar-refractivity contribution >= 4 is 17.7 Å². The van der Waals surface area contributed by atoms with E-state index >= 15 is 0 Å². The van der Waals surface area contributed by atoms with Gasteiger partial charge in [-0.25, -0.2) is 13.8 Å². The summed E-state index contributed by atoms with van der Waals surface area (Å²) in [5.41, 5.74) is 0.485. The van der Waals surface area contributed by atoms with Crippen LogP contribution in [0.25, 0.3) is 11.3 Å². The predicted molar refractivity (Wildman–Crippen MR) is 132 cm³/mol. The lowest BCUT2D eigenvalue weighted by Gasteiger charge is -2.29. The Kier molecular flexibility index (Phi) is 9.55. The topological polar surface area (TPSA) is 107 Å². The molecular weight excluding hydrogens is 468 g/mol. The van der Waals surface area contributed by atoms with Crippen molar-refractivity contribution in [2.45, 2.75) is 71.4 Å². The maximum Gasteiger partial charge on any atom is 0.243 e. The number of carbonyl (C=O) groups is 3. The molecule has 0 saturated carbocycles. The van der Waals surface area contributed by atoms with Gasteiger partial charge in [0.05, 0.1) is 24.4 Å². The molecule has 2 aromatic rings. The highest BCUT2D eigenvalue weighted by molar-refractivity contribution is 5.92. The summed E-state index contributed by atoms with van der Waals surface area (Å²) < 4.78 is 27.4. The lowest BCUT2D eigenvalue weighted by Crippen LogP contribution is -2.50. The molecule has 0 aliphatic carbocycles. The van der Waals surface area contributed by atoms with Crippen molar-refractivity contribution in [1.82, 2.24) is 25.5 Å². The number of benzene rings is 1. The Morgan fingerprint density at radius 1 is 1.08 bits per heavy atom. The number of aromatic amines is 1. The second-order valence-corrected chi connectivity index (χ2v) is 9.73. The summed E-state index contributed by atoms with van der Waals surface area (Å²) in [5.74, 6) is -1.68. The van der Waals surface area contributed by atoms with Crippen molar-refractivity contribution in [2.24, 2.45) is 5.92 Å². The van der Waals surface area contributed by atoms with E-state index in [-0.39, 0.29) is 30.2 Å². The Morgan fingerprint density at radius 2 is 1.81 bits per heavy atom. The molecule has 0 spiro atoms. The van der Waals surface area contributed by atoms with Crippen LogP contribution in [0, 0.1) is 17.6 Å². The number of halogens is 2. The summed E-state index contributed by atoms with van der Waals surface area (Å²) in [5, 5.41) is 5.52. The average molecular weight is 504 g/mol. The first-order valence-electron chi connectivity index (χ1n) is 12.5. The van der Waals surface area contributed by atoms with Crippen LogP contribution in [0.2, 0.25) is 0 Å². The summed E-state index contributed by atoms with van der Waals surface area (Å²) >= 11 is 0. The number of amides is 3. The molecule has 1 fully saturated rings. The third kappa shape index (κ3) is 7.60. The fourth-order valence-corrected chi connectivity index (χ4v) is 4.13. The van der Waals surface area contributed by atoms with Crippen LogP contribution in [0.5, 0.6) is 0 Å². The van der Waals surface area contributed by atoms with Gasteiger partial charge >= 0.3 is 0 Å². The summed E-state index contributed by atoms with van der Waals surface area (Å²) in [4.78, 5) is 47.4. The minimum Gasteiger partial charge on any atom is -0.345 e. The van der Waals surface area contributed by atoms with Gasteiger partial charge in [0.15, 0.2) is 0 Å². The van der Waals surface area contributed by atoms with Crippen LogP contribution in [0.1, 0.15) is 71.2 Å². The van der Waals surface area contributed by atoms with Gasteiger partial charge in [0.25, 0.3) is 0 Å². The Labute approximate surface area is 210 Å². The van der Waals surface area contributed by atoms with E-state index in [1.165, 1.54) is 12.3 Å². The van der Waals surface area contributed by atoms with Gasteiger partial charge in [0.1, 0.15) is 23.5 Å². The van der Waals surface area contributed by atoms with Crippen LogP contribution in [0.3, 0.4) is 0 Å². The van der Waals surface area contributed by atoms with Gasteiger partial charge < -0.3 is 20.5 Å². The number of nitrogens with zero attached hydrogens (tertiary/aromatic N) is 2. The number of rotatable bonds is 10. The van der Waals surface area contributed by atoms with E-state index in [0.29, 0.717) is 36.9 Å². The first-order valence-corrected chi connectivity index (χ1v) is 12.5. The molecule has 36 heavy (non-hydrogen) atoms. The van der Waals surface area contributed by atoms with Gasteiger partial charge in [0.2, 0.25) is 17.7 Å². The van der Waals surface area contributed by atoms with Crippen LogP contribution in [0.4, 0.5) is 8.78 Å². The second kappa shape index (κ2) is 12.6. The van der Waals surface area contributed by atoms with E-state index in [0.717, 1.165) is 31.4 Å². The van der Waals surface area contributed by atoms with Gasteiger partial charge in [-0.2, -0.15) is 0 Å². The van der Waals surface area contributed by atoms with Crippen molar-refractivity contribution < 1.29 is 23.2 Å². The molecule has 3 N–H and O–H groups in total. The molecule has 0 radical (unpaired) electrons. The van der Waals surface area contributed by atoms with Crippen molar-refractivity contribution in [1.29, 1.82) is 0 Å². The smallest absolute Gasteiger partial charge is 0.243 e. The lowest BCUT2D eigenvalue weighted by atomic mass is 10.1. The molecule has 196 valence electrons. The predicted octanol–water partition coefficient (Wildman–Crippen LogP) is 3.86. The highest BCUT2D eigenvalue weighted by Gasteiger charge is 2.28. The highest BCUT2D eigenvalue weighted by atomic mass is 19.1. The standard InChI is InChI=1S/C26H35F2N5O3/c1-16(2)7-10-23(34)31-21(14-24(35)33-11-5-4-6-12-33)26(36)30-17(3)25-29-15-22(32-25)19-9-8-18(27)13-20(19)28/h8-9,13,15-17,21H,4-7,10-12,14H2,1-3H3,(H,29,32)(H,30,36)(H,31,34)/t17-,21-/m0/s1. The van der Waals surface area contributed by atoms with E-state index in [1.54, 1.807) is 11.8 Å². The fourth-order valence-electron chi connectivity index (χ4n) is 4.13. The third-order valence-corrected chi connectivity index (χ3v) is 6.27. The Morgan fingerprint density at radius 3 is 2.47 bits per heavy atom. The highest BCUT2D eigenvalue weighted by Crippen LogP contribution is 2.23. The third-order valence-electron chi connectivity index (χ3n) is 6.27. The molecule has 1 saturated heterocycles. The fraction of sp³-hybridized carbons (Fsp3) is 0.538. The molecule has 1 aromatic heterocycles. The van der Waals surface area contributed by atoms with E-state index in [2.05, 4.69) is 20.6 Å². The number of piperidine rings is 1. The molecule has 3 rings (SSSR count). The van der Waals surface area contributed by atoms with Gasteiger partial charge in [-0.3, -0.25) is 14.4 Å². The number of H-pyrrole nitrogens is 1. The maximum absolute atomic E-state index is 14.1. The summed E-state index contributed by atoms with van der Waals surface area (Å²) in [6, 6.07) is 1.60. The van der Waals surface area contributed by atoms with E-state index in [9.17, 15) is 23.2 Å². The van der Waals surface area contributed by atoms with Gasteiger partial charge in [-0.15, -0.1) is 0 Å². The molecule has 8 nitrogen and oxygen atoms in total. The number of likely N-dealkylation sites (tertiary alicyclic amines) is 1. The SMILES string of the molecule is CC(C)CCC(=O)N[C@@H](CC(=O)N1CCCCC1)C(=O)N[C@@H](C)c1ncc(-c2ccc(F)cc2F)[nH]1. The van der Waals surface area contributed by atoms with E-state index in [1.807, 2.05) is 13.8 Å². The molecule has 3 amide bonds. The first-order chi connectivity index (χ1) is 17.1. The quantitative estimate of drug-likeness (QED) is 0.458. The van der Waals surface area contributed by atoms with Crippen molar-refractivity contribution in [3.05, 3.63) is 41.9 Å². The summed E-state index contributed by atoms with van der Waals surface area (Å²) in [7, 11) is 0. The number of carbonyl (C=O) groups excluding carboxylic acids is 3. The largest absolute Gasteiger partial charge is 0.345 e. The monoisotopic (exact) mass is 503 g/mol. The van der Waals surface area contributed by atoms with Crippen LogP contribution in [-0.4, -0.2) is 51.7 Å². The Balaban J connectivity index is 1.68. The molecule has 2 heterocycles. The molecule has 2 atom stereocenters. The van der Waals surface area contributed by atoms with E-state index < -0.39 is 29.6 Å². The molecule has 1 aliphatic heterocycles. The average Bonchev–Trinajstić information content (AvgIpc) is 3.33. The van der Waals surface area contributed by atoms with Gasteiger partial charge in [-0.1, -0.05) is 13.8 Å². The Hall–Kier alpha value is -3.30. The van der Waals surface area contributed by atoms with Gasteiger partial charge in [-0.05, 0) is 50.7 Å². The minimum atomic E-state index is -1.02. The molecule has 0 bridgehead atoms. The van der Waals surface area contributed by atoms with Crippen molar-refractivity contribution in [3.8, 4) is 11.3 Å². The molecule has 0 unspecified atom stereocenters. The molecular formula is C26H35F2N5O3. The van der Waals surface area contributed by atoms with Crippen LogP contribution < -0.4 is 10.6 Å². The maximum atomic E-state index is 14.1. The van der Waals surface area contributed by atoms with Crippen molar-refractivity contribution in [2.75, 3.05) is 13.1 Å².